The van der Waals surface area contributed by atoms with Crippen molar-refractivity contribution in [3.63, 3.8) is 0 Å². The Kier molecular flexibility index (Phi) is 4.43. The minimum absolute atomic E-state index is 0.112. The first-order valence-electron chi connectivity index (χ1n) is 6.02. The maximum Gasteiger partial charge on any atom is 0.292 e. The number of morpholine rings is 1. The lowest BCUT2D eigenvalue weighted by Crippen LogP contribution is -2.40. The van der Waals surface area contributed by atoms with Gasteiger partial charge in [0.05, 0.1) is 24.1 Å². The largest absolute Gasteiger partial charge is 0.375 e. The fourth-order valence-corrected chi connectivity index (χ4v) is 1.90. The number of nitrogens with zero attached hydrogens (tertiary/aromatic N) is 1. The minimum atomic E-state index is -0.520. The van der Waals surface area contributed by atoms with E-state index < -0.39 is 4.92 Å². The smallest absolute Gasteiger partial charge is 0.292 e. The molecule has 0 spiro atoms. The molecule has 0 aliphatic carbocycles. The number of ether oxygens (including phenoxy) is 1. The highest BCUT2D eigenvalue weighted by Crippen LogP contribution is 2.23. The van der Waals surface area contributed by atoms with E-state index in [0.717, 1.165) is 6.54 Å². The van der Waals surface area contributed by atoms with Crippen molar-refractivity contribution in [2.75, 3.05) is 25.0 Å². The van der Waals surface area contributed by atoms with Crippen LogP contribution in [0.25, 0.3) is 0 Å². The molecule has 1 amide bonds. The Morgan fingerprint density at radius 1 is 1.53 bits per heavy atom. The van der Waals surface area contributed by atoms with Crippen molar-refractivity contribution in [1.29, 1.82) is 0 Å². The summed E-state index contributed by atoms with van der Waals surface area (Å²) in [5, 5.41) is 16.5. The van der Waals surface area contributed by atoms with E-state index in [1.165, 1.54) is 12.1 Å². The van der Waals surface area contributed by atoms with Crippen LogP contribution in [-0.4, -0.2) is 36.6 Å². The molecule has 2 rings (SSSR count). The Morgan fingerprint density at radius 3 is 3.00 bits per heavy atom. The first-order chi connectivity index (χ1) is 9.16. The van der Waals surface area contributed by atoms with E-state index in [9.17, 15) is 14.9 Å². The predicted octanol–water partition coefficient (Wildman–Crippen LogP) is 0.912. The fraction of sp³-hybridized carbons (Fsp3) is 0.417. The Morgan fingerprint density at radius 2 is 2.32 bits per heavy atom. The first-order valence-corrected chi connectivity index (χ1v) is 6.02. The van der Waals surface area contributed by atoms with Crippen molar-refractivity contribution in [2.24, 2.45) is 0 Å². The van der Waals surface area contributed by atoms with Gasteiger partial charge < -0.3 is 15.4 Å². The molecule has 1 atom stereocenters. The van der Waals surface area contributed by atoms with Crippen LogP contribution in [0.2, 0.25) is 0 Å². The molecule has 0 bridgehead atoms. The minimum Gasteiger partial charge on any atom is -0.375 e. The summed E-state index contributed by atoms with van der Waals surface area (Å²) in [5.41, 5.74) is 0.0970. The van der Waals surface area contributed by atoms with Crippen molar-refractivity contribution in [2.45, 2.75) is 12.5 Å². The zero-order chi connectivity index (χ0) is 13.7. The third kappa shape index (κ3) is 3.73. The number of hydrogen-bond acceptors (Lipinski definition) is 5. The van der Waals surface area contributed by atoms with Crippen LogP contribution in [0.4, 0.5) is 11.4 Å². The molecule has 19 heavy (non-hydrogen) atoms. The molecule has 1 aromatic carbocycles. The van der Waals surface area contributed by atoms with Crippen molar-refractivity contribution in [1.82, 2.24) is 5.32 Å². The third-order valence-corrected chi connectivity index (χ3v) is 2.79. The van der Waals surface area contributed by atoms with E-state index in [-0.39, 0.29) is 29.8 Å². The molecule has 1 aromatic rings. The van der Waals surface area contributed by atoms with Crippen molar-refractivity contribution in [3.05, 3.63) is 34.4 Å². The third-order valence-electron chi connectivity index (χ3n) is 2.79. The molecular weight excluding hydrogens is 250 g/mol. The zero-order valence-corrected chi connectivity index (χ0v) is 10.3. The topological polar surface area (TPSA) is 93.5 Å². The maximum atomic E-state index is 11.8. The van der Waals surface area contributed by atoms with Gasteiger partial charge in [-0.1, -0.05) is 12.1 Å². The number of carbonyl (C=O) groups excluding carboxylic acids is 1. The Balaban J connectivity index is 1.96. The number of benzene rings is 1. The number of para-hydroxylation sites is 2. The van der Waals surface area contributed by atoms with Crippen molar-refractivity contribution < 1.29 is 14.5 Å². The van der Waals surface area contributed by atoms with Crippen molar-refractivity contribution in [3.8, 4) is 0 Å². The molecule has 102 valence electrons. The van der Waals surface area contributed by atoms with Gasteiger partial charge in [0.2, 0.25) is 5.91 Å². The molecule has 1 aliphatic heterocycles. The number of nitrogens with one attached hydrogen (secondary N) is 2. The molecule has 1 unspecified atom stereocenters. The highest BCUT2D eigenvalue weighted by molar-refractivity contribution is 5.93. The van der Waals surface area contributed by atoms with Crippen LogP contribution in [-0.2, 0) is 9.53 Å². The van der Waals surface area contributed by atoms with Gasteiger partial charge >= 0.3 is 0 Å². The van der Waals surface area contributed by atoms with Crippen LogP contribution < -0.4 is 10.6 Å². The summed E-state index contributed by atoms with van der Waals surface area (Å²) in [4.78, 5) is 22.1. The summed E-state index contributed by atoms with van der Waals surface area (Å²) in [6.45, 7) is 1.97. The van der Waals surface area contributed by atoms with E-state index >= 15 is 0 Å². The molecular formula is C12H15N3O4. The number of hydrogen-bond donors (Lipinski definition) is 2. The zero-order valence-electron chi connectivity index (χ0n) is 10.3. The van der Waals surface area contributed by atoms with Crippen LogP contribution in [0.5, 0.6) is 0 Å². The van der Waals surface area contributed by atoms with Gasteiger partial charge in [-0.25, -0.2) is 0 Å². The predicted molar refractivity (Wildman–Crippen MR) is 69.0 cm³/mol. The molecule has 1 heterocycles. The van der Waals surface area contributed by atoms with Gasteiger partial charge in [-0.2, -0.15) is 0 Å². The van der Waals surface area contributed by atoms with Gasteiger partial charge in [-0.15, -0.1) is 0 Å². The highest BCUT2D eigenvalue weighted by Gasteiger charge is 2.19. The molecule has 7 heteroatoms. The first kappa shape index (κ1) is 13.4. The van der Waals surface area contributed by atoms with Gasteiger partial charge in [0, 0.05) is 19.2 Å². The number of rotatable bonds is 4. The summed E-state index contributed by atoms with van der Waals surface area (Å²) in [6.07, 6.45) is -0.00417. The Bertz CT molecular complexity index is 472. The quantitative estimate of drug-likeness (QED) is 0.623. The standard InChI is InChI=1S/C12H15N3O4/c16-12(7-9-8-13-5-6-19-9)14-10-3-1-2-4-11(10)15(17)18/h1-4,9,13H,5-8H2,(H,14,16). The summed E-state index contributed by atoms with van der Waals surface area (Å²) < 4.78 is 5.41. The summed E-state index contributed by atoms with van der Waals surface area (Å²) in [7, 11) is 0. The van der Waals surface area contributed by atoms with E-state index in [1.807, 2.05) is 0 Å². The van der Waals surface area contributed by atoms with Gasteiger partial charge in [0.15, 0.2) is 0 Å². The second-order valence-electron chi connectivity index (χ2n) is 4.22. The maximum absolute atomic E-state index is 11.8. The Labute approximate surface area is 110 Å². The van der Waals surface area contributed by atoms with E-state index in [1.54, 1.807) is 12.1 Å². The average molecular weight is 265 g/mol. The number of carbonyl (C=O) groups is 1. The molecule has 7 nitrogen and oxygen atoms in total. The normalized spacial score (nSPS) is 18.8. The molecule has 2 N–H and O–H groups in total. The van der Waals surface area contributed by atoms with Crippen LogP contribution in [0, 0.1) is 10.1 Å². The molecule has 1 aliphatic rings. The Hall–Kier alpha value is -1.99. The van der Waals surface area contributed by atoms with Gasteiger partial charge in [0.1, 0.15) is 5.69 Å². The second-order valence-corrected chi connectivity index (χ2v) is 4.22. The fourth-order valence-electron chi connectivity index (χ4n) is 1.90. The monoisotopic (exact) mass is 265 g/mol. The molecule has 1 saturated heterocycles. The van der Waals surface area contributed by atoms with Crippen LogP contribution in [0.3, 0.4) is 0 Å². The lowest BCUT2D eigenvalue weighted by molar-refractivity contribution is -0.383. The number of amides is 1. The van der Waals surface area contributed by atoms with Crippen LogP contribution in [0.1, 0.15) is 6.42 Å². The molecule has 0 radical (unpaired) electrons. The van der Waals surface area contributed by atoms with Gasteiger partial charge in [-0.05, 0) is 6.07 Å². The van der Waals surface area contributed by atoms with E-state index in [2.05, 4.69) is 10.6 Å². The molecule has 0 aromatic heterocycles. The molecule has 1 fully saturated rings. The lowest BCUT2D eigenvalue weighted by Gasteiger charge is -2.22. The number of nitro benzene ring substituents is 1. The van der Waals surface area contributed by atoms with Gasteiger partial charge in [0.25, 0.3) is 5.69 Å². The van der Waals surface area contributed by atoms with Crippen LogP contribution >= 0.6 is 0 Å². The van der Waals surface area contributed by atoms with E-state index in [4.69, 9.17) is 4.74 Å². The van der Waals surface area contributed by atoms with Gasteiger partial charge in [-0.3, -0.25) is 14.9 Å². The number of nitro groups is 1. The summed E-state index contributed by atoms with van der Waals surface area (Å²) >= 11 is 0. The summed E-state index contributed by atoms with van der Waals surface area (Å²) in [6, 6.07) is 6.06. The second kappa shape index (κ2) is 6.26. The highest BCUT2D eigenvalue weighted by atomic mass is 16.6. The SMILES string of the molecule is O=C(CC1CNCCO1)Nc1ccccc1[N+](=O)[O-]. The van der Waals surface area contributed by atoms with Crippen molar-refractivity contribution >= 4 is 17.3 Å². The number of anilines is 1. The van der Waals surface area contributed by atoms with E-state index in [0.29, 0.717) is 13.2 Å². The summed E-state index contributed by atoms with van der Waals surface area (Å²) in [5.74, 6) is -0.289. The van der Waals surface area contributed by atoms with Crippen LogP contribution in [0.15, 0.2) is 24.3 Å². The molecule has 0 saturated carbocycles. The average Bonchev–Trinajstić information content (AvgIpc) is 2.40. The lowest BCUT2D eigenvalue weighted by atomic mass is 10.2.